The van der Waals surface area contributed by atoms with Gasteiger partial charge in [0.25, 0.3) is 0 Å². The molecule has 0 radical (unpaired) electrons. The fraction of sp³-hybridized carbons (Fsp3) is 0.659. The lowest BCUT2D eigenvalue weighted by atomic mass is 9.69. The number of likely N-dealkylation sites (tertiary alicyclic amines) is 1. The summed E-state index contributed by atoms with van der Waals surface area (Å²) in [7, 11) is -1.75. The van der Waals surface area contributed by atoms with Gasteiger partial charge in [0.2, 0.25) is 11.8 Å². The van der Waals surface area contributed by atoms with E-state index in [4.69, 9.17) is 9.16 Å². The van der Waals surface area contributed by atoms with Crippen molar-refractivity contribution in [3.8, 4) is 5.75 Å². The smallest absolute Gasteiger partial charge is 0.444 e. The number of benzene rings is 2. The maximum absolute atomic E-state index is 14.9. The highest BCUT2D eigenvalue weighted by Gasteiger charge is 2.43. The highest BCUT2D eigenvalue weighted by molar-refractivity contribution is 6.48. The quantitative estimate of drug-likeness (QED) is 0.129. The molecule has 2 aromatic carbocycles. The van der Waals surface area contributed by atoms with E-state index in [-0.39, 0.29) is 36.3 Å². The fourth-order valence-corrected chi connectivity index (χ4v) is 8.53. The van der Waals surface area contributed by atoms with Gasteiger partial charge in [-0.2, -0.15) is 0 Å². The van der Waals surface area contributed by atoms with E-state index in [2.05, 4.69) is 61.5 Å². The minimum absolute atomic E-state index is 0.124. The fourth-order valence-electron chi connectivity index (χ4n) is 7.62. The molecule has 1 aliphatic rings. The van der Waals surface area contributed by atoms with Gasteiger partial charge in [0.15, 0.2) is 9.04 Å². The van der Waals surface area contributed by atoms with E-state index < -0.39 is 62.5 Å². The standard InChI is InChI=1S/C44H69F3N4O6Si/c1-12-29(3)36(40(53)51-25-23-33(24-26-51)48-13-2)49-39(52)32(27-30-19-21-34(22-20-30)55-44(45,46)47)28-35(42(4,5)6)37(50-41(54)56-43(7,8)9)38(57-58(10)11)31-17-15-14-16-18-31/h14-22,29,32-33,35-38,48,58H,12-13,23-28H2,1-11H3,(H,49,52)(H,50,54)/t29-,32-,35+,36-,37-,38?/m0/s1. The highest BCUT2D eigenvalue weighted by atomic mass is 28.3. The van der Waals surface area contributed by atoms with Gasteiger partial charge < -0.3 is 34.8 Å². The van der Waals surface area contributed by atoms with E-state index in [1.54, 1.807) is 20.8 Å². The number of amides is 3. The summed E-state index contributed by atoms with van der Waals surface area (Å²) in [6, 6.07) is 14.1. The number of nitrogens with zero attached hydrogens (tertiary/aromatic N) is 1. The van der Waals surface area contributed by atoms with Gasteiger partial charge in [0, 0.05) is 25.0 Å². The third-order valence-corrected chi connectivity index (χ3v) is 11.6. The number of hydrogen-bond donors (Lipinski definition) is 3. The zero-order valence-corrected chi connectivity index (χ0v) is 37.7. The van der Waals surface area contributed by atoms with Crippen LogP contribution < -0.4 is 20.7 Å². The van der Waals surface area contributed by atoms with Gasteiger partial charge in [0.1, 0.15) is 17.4 Å². The van der Waals surface area contributed by atoms with Gasteiger partial charge in [-0.05, 0) is 107 Å². The first-order valence-electron chi connectivity index (χ1n) is 20.9. The first kappa shape index (κ1) is 48.7. The number of carbonyl (C=O) groups excluding carboxylic acids is 3. The van der Waals surface area contributed by atoms with Gasteiger partial charge >= 0.3 is 12.5 Å². The molecule has 58 heavy (non-hydrogen) atoms. The lowest BCUT2D eigenvalue weighted by Crippen LogP contribution is -2.56. The van der Waals surface area contributed by atoms with Gasteiger partial charge in [-0.1, -0.05) is 90.4 Å². The number of nitrogens with one attached hydrogen (secondary N) is 3. The van der Waals surface area contributed by atoms with E-state index in [1.165, 1.54) is 24.3 Å². The van der Waals surface area contributed by atoms with Crippen molar-refractivity contribution in [2.24, 2.45) is 23.2 Å². The third kappa shape index (κ3) is 15.9. The molecule has 1 aliphatic heterocycles. The normalized spacial score (nSPS) is 17.5. The monoisotopic (exact) mass is 834 g/mol. The van der Waals surface area contributed by atoms with Crippen LogP contribution in [0.2, 0.25) is 13.1 Å². The van der Waals surface area contributed by atoms with E-state index in [1.807, 2.05) is 49.1 Å². The molecule has 3 N–H and O–H groups in total. The Morgan fingerprint density at radius 1 is 0.897 bits per heavy atom. The minimum atomic E-state index is -4.85. The third-order valence-electron chi connectivity index (χ3n) is 10.7. The first-order chi connectivity index (χ1) is 27.0. The lowest BCUT2D eigenvalue weighted by molar-refractivity contribution is -0.274. The van der Waals surface area contributed by atoms with Crippen LogP contribution >= 0.6 is 0 Å². The highest BCUT2D eigenvalue weighted by Crippen LogP contribution is 2.41. The Kier molecular flexibility index (Phi) is 18.1. The molecule has 2 aromatic rings. The number of halogens is 3. The maximum atomic E-state index is 14.9. The molecule has 3 rings (SSSR count). The molecule has 326 valence electrons. The van der Waals surface area contributed by atoms with Crippen LogP contribution in [0, 0.1) is 23.2 Å². The number of hydrogen-bond acceptors (Lipinski definition) is 7. The summed E-state index contributed by atoms with van der Waals surface area (Å²) in [4.78, 5) is 44.6. The van der Waals surface area contributed by atoms with Crippen LogP contribution in [0.25, 0.3) is 0 Å². The summed E-state index contributed by atoms with van der Waals surface area (Å²) in [5.74, 6) is -2.20. The number of ether oxygens (including phenoxy) is 2. The number of alkyl carbamates (subject to hydrolysis) is 1. The van der Waals surface area contributed by atoms with Gasteiger partial charge in [-0.25, -0.2) is 4.79 Å². The van der Waals surface area contributed by atoms with Crippen molar-refractivity contribution in [1.82, 2.24) is 20.9 Å². The Hall–Kier alpha value is -3.62. The van der Waals surface area contributed by atoms with E-state index in [0.717, 1.165) is 24.9 Å². The molecule has 1 heterocycles. The first-order valence-corrected chi connectivity index (χ1v) is 23.7. The lowest BCUT2D eigenvalue weighted by Gasteiger charge is -2.43. The summed E-state index contributed by atoms with van der Waals surface area (Å²) in [6.45, 7) is 23.7. The summed E-state index contributed by atoms with van der Waals surface area (Å²) in [5, 5.41) is 9.82. The van der Waals surface area contributed by atoms with Crippen LogP contribution in [0.3, 0.4) is 0 Å². The average molecular weight is 835 g/mol. The number of rotatable bonds is 18. The molecule has 10 nitrogen and oxygen atoms in total. The van der Waals surface area contributed by atoms with Crippen LogP contribution in [-0.2, 0) is 25.2 Å². The van der Waals surface area contributed by atoms with E-state index in [0.29, 0.717) is 31.1 Å². The van der Waals surface area contributed by atoms with E-state index >= 15 is 0 Å². The average Bonchev–Trinajstić information content (AvgIpc) is 3.12. The van der Waals surface area contributed by atoms with Crippen LogP contribution in [0.1, 0.15) is 105 Å². The van der Waals surface area contributed by atoms with Crippen molar-refractivity contribution in [2.45, 2.75) is 144 Å². The Morgan fingerprint density at radius 3 is 2.00 bits per heavy atom. The predicted octanol–water partition coefficient (Wildman–Crippen LogP) is 8.56. The van der Waals surface area contributed by atoms with Crippen LogP contribution in [0.5, 0.6) is 5.75 Å². The molecule has 0 aliphatic carbocycles. The Morgan fingerprint density at radius 2 is 1.50 bits per heavy atom. The molecule has 1 saturated heterocycles. The zero-order valence-electron chi connectivity index (χ0n) is 36.5. The van der Waals surface area contributed by atoms with Crippen molar-refractivity contribution >= 4 is 26.9 Å². The summed E-state index contributed by atoms with van der Waals surface area (Å²) in [5.41, 5.74) is 0.160. The second-order valence-electron chi connectivity index (χ2n) is 18.0. The largest absolute Gasteiger partial charge is 0.573 e. The predicted molar refractivity (Wildman–Crippen MR) is 225 cm³/mol. The van der Waals surface area contributed by atoms with Crippen molar-refractivity contribution in [3.63, 3.8) is 0 Å². The molecular formula is C44H69F3N4O6Si. The minimum Gasteiger partial charge on any atom is -0.444 e. The van der Waals surface area contributed by atoms with Crippen molar-refractivity contribution in [2.75, 3.05) is 19.6 Å². The Balaban J connectivity index is 2.12. The topological polar surface area (TPSA) is 118 Å². The molecule has 1 fully saturated rings. The van der Waals surface area contributed by atoms with Crippen LogP contribution in [0.4, 0.5) is 18.0 Å². The molecular weight excluding hydrogens is 766 g/mol. The molecule has 1 unspecified atom stereocenters. The van der Waals surface area contributed by atoms with Crippen molar-refractivity contribution in [1.29, 1.82) is 0 Å². The van der Waals surface area contributed by atoms with Gasteiger partial charge in [-0.3, -0.25) is 9.59 Å². The molecule has 3 amide bonds. The number of carbonyl (C=O) groups is 3. The maximum Gasteiger partial charge on any atom is 0.573 e. The van der Waals surface area contributed by atoms with Gasteiger partial charge in [0.05, 0.1) is 12.1 Å². The van der Waals surface area contributed by atoms with Crippen LogP contribution in [0.15, 0.2) is 54.6 Å². The Labute approximate surface area is 346 Å². The Bertz CT molecular complexity index is 1570. The molecule has 0 spiro atoms. The molecule has 0 aromatic heterocycles. The SMILES string of the molecule is CCNC1CCN(C(=O)[C@@H](NC(=O)[C@@H](Cc2ccc(OC(F)(F)F)cc2)C[C@H]([C@H](NC(=O)OC(C)(C)C)C(O[SiH](C)C)c2ccccc2)C(C)(C)C)[C@@H](C)CC)CC1. The second-order valence-corrected chi connectivity index (χ2v) is 20.4. The molecule has 14 heteroatoms. The molecule has 6 atom stereocenters. The molecule has 0 bridgehead atoms. The van der Waals surface area contributed by atoms with Crippen molar-refractivity contribution < 1.29 is 41.5 Å². The number of piperidine rings is 1. The second kappa shape index (κ2) is 21.6. The zero-order chi connectivity index (χ0) is 43.4. The van der Waals surface area contributed by atoms with E-state index in [9.17, 15) is 27.6 Å². The van der Waals surface area contributed by atoms with Crippen LogP contribution in [-0.4, -0.2) is 81.6 Å². The van der Waals surface area contributed by atoms with Gasteiger partial charge in [-0.15, -0.1) is 13.2 Å². The summed E-state index contributed by atoms with van der Waals surface area (Å²) < 4.78 is 55.8. The van der Waals surface area contributed by atoms with Crippen molar-refractivity contribution in [3.05, 3.63) is 65.7 Å². The molecule has 0 saturated carbocycles. The summed E-state index contributed by atoms with van der Waals surface area (Å²) >= 11 is 0. The number of alkyl halides is 3. The summed E-state index contributed by atoms with van der Waals surface area (Å²) in [6.07, 6.45) is -3.39.